The fraction of sp³-hybridized carbons (Fsp3) is 0.600. The molecule has 1 saturated carbocycles. The van der Waals surface area contributed by atoms with E-state index in [1.165, 1.54) is 25.7 Å². The van der Waals surface area contributed by atoms with E-state index >= 15 is 0 Å². The van der Waals surface area contributed by atoms with Crippen molar-refractivity contribution in [1.82, 2.24) is 4.98 Å². The fourth-order valence-electron chi connectivity index (χ4n) is 1.84. The molecule has 3 nitrogen and oxygen atoms in total. The van der Waals surface area contributed by atoms with Crippen LogP contribution < -0.4 is 5.73 Å². The number of aromatic nitrogens is 1. The lowest BCUT2D eigenvalue weighted by molar-refractivity contribution is 0.715. The molecular formula is C10H15N3S. The van der Waals surface area contributed by atoms with Crippen LogP contribution in [0, 0.1) is 5.92 Å². The van der Waals surface area contributed by atoms with Gasteiger partial charge in [-0.05, 0) is 12.8 Å². The maximum atomic E-state index is 5.92. The molecule has 14 heavy (non-hydrogen) atoms. The highest BCUT2D eigenvalue weighted by molar-refractivity contribution is 7.07. The standard InChI is InChI=1S/C10H15N3S/c11-10(8-3-1-2-4-8)12-5-9-6-14-7-13-9/h6-8H,1-5H2,(H2,11,12). The SMILES string of the molecule is NC(=NCc1cscn1)C1CCCC1. The van der Waals surface area contributed by atoms with E-state index in [0.29, 0.717) is 12.5 Å². The summed E-state index contributed by atoms with van der Waals surface area (Å²) in [6.07, 6.45) is 5.04. The van der Waals surface area contributed by atoms with Gasteiger partial charge in [-0.25, -0.2) is 4.98 Å². The van der Waals surface area contributed by atoms with Gasteiger partial charge in [-0.3, -0.25) is 4.99 Å². The zero-order valence-electron chi connectivity index (χ0n) is 8.15. The van der Waals surface area contributed by atoms with Crippen molar-refractivity contribution in [2.24, 2.45) is 16.6 Å². The number of thiazole rings is 1. The highest BCUT2D eigenvalue weighted by Crippen LogP contribution is 2.24. The number of amidine groups is 1. The topological polar surface area (TPSA) is 51.3 Å². The van der Waals surface area contributed by atoms with Crippen LogP contribution in [0.5, 0.6) is 0 Å². The number of hydrogen-bond acceptors (Lipinski definition) is 3. The number of nitrogens with zero attached hydrogens (tertiary/aromatic N) is 2. The molecule has 0 bridgehead atoms. The molecule has 0 atom stereocenters. The third-order valence-electron chi connectivity index (χ3n) is 2.68. The number of aliphatic imine (C=N–C) groups is 1. The Kier molecular flexibility index (Phi) is 3.14. The third kappa shape index (κ3) is 2.32. The molecule has 1 aliphatic rings. The average Bonchev–Trinajstić information content (AvgIpc) is 2.87. The Hall–Kier alpha value is -0.900. The van der Waals surface area contributed by atoms with Crippen LogP contribution in [0.4, 0.5) is 0 Å². The summed E-state index contributed by atoms with van der Waals surface area (Å²) in [5.74, 6) is 1.36. The Morgan fingerprint density at radius 1 is 1.57 bits per heavy atom. The van der Waals surface area contributed by atoms with Crippen LogP contribution in [0.15, 0.2) is 15.9 Å². The zero-order valence-corrected chi connectivity index (χ0v) is 8.96. The maximum Gasteiger partial charge on any atom is 0.0973 e. The molecule has 0 amide bonds. The lowest BCUT2D eigenvalue weighted by Crippen LogP contribution is -2.21. The van der Waals surface area contributed by atoms with Crippen LogP contribution in [-0.4, -0.2) is 10.8 Å². The molecule has 1 heterocycles. The summed E-state index contributed by atoms with van der Waals surface area (Å²) >= 11 is 1.60. The lowest BCUT2D eigenvalue weighted by Gasteiger charge is -2.07. The van der Waals surface area contributed by atoms with E-state index in [9.17, 15) is 0 Å². The molecule has 1 fully saturated rings. The van der Waals surface area contributed by atoms with Crippen molar-refractivity contribution in [3.63, 3.8) is 0 Å². The van der Waals surface area contributed by atoms with E-state index in [2.05, 4.69) is 9.98 Å². The summed E-state index contributed by atoms with van der Waals surface area (Å²) < 4.78 is 0. The average molecular weight is 209 g/mol. The molecule has 0 saturated heterocycles. The van der Waals surface area contributed by atoms with Crippen LogP contribution in [0.3, 0.4) is 0 Å². The molecular weight excluding hydrogens is 194 g/mol. The van der Waals surface area contributed by atoms with Crippen LogP contribution in [0.25, 0.3) is 0 Å². The fourth-order valence-corrected chi connectivity index (χ4v) is 2.39. The van der Waals surface area contributed by atoms with Crippen molar-refractivity contribution in [3.05, 3.63) is 16.6 Å². The minimum atomic E-state index is 0.536. The maximum absolute atomic E-state index is 5.92. The summed E-state index contributed by atoms with van der Waals surface area (Å²) in [6.45, 7) is 0.645. The van der Waals surface area contributed by atoms with Gasteiger partial charge in [0.2, 0.25) is 0 Å². The Balaban J connectivity index is 1.90. The van der Waals surface area contributed by atoms with Gasteiger partial charge in [-0.1, -0.05) is 12.8 Å². The lowest BCUT2D eigenvalue weighted by atomic mass is 10.1. The van der Waals surface area contributed by atoms with Crippen LogP contribution >= 0.6 is 11.3 Å². The number of hydrogen-bond donors (Lipinski definition) is 1. The molecule has 0 aromatic carbocycles. The van der Waals surface area contributed by atoms with Crippen molar-refractivity contribution in [2.45, 2.75) is 32.2 Å². The zero-order chi connectivity index (χ0) is 9.80. The van der Waals surface area contributed by atoms with Gasteiger partial charge >= 0.3 is 0 Å². The first kappa shape index (κ1) is 9.65. The van der Waals surface area contributed by atoms with Crippen molar-refractivity contribution in [3.8, 4) is 0 Å². The first-order valence-electron chi connectivity index (χ1n) is 5.03. The second-order valence-corrected chi connectivity index (χ2v) is 4.42. The van der Waals surface area contributed by atoms with Crippen molar-refractivity contribution < 1.29 is 0 Å². The molecule has 2 N–H and O–H groups in total. The molecule has 0 aliphatic heterocycles. The van der Waals surface area contributed by atoms with Crippen molar-refractivity contribution in [2.75, 3.05) is 0 Å². The molecule has 76 valence electrons. The Bertz CT molecular complexity index is 299. The normalized spacial score (nSPS) is 19.0. The minimum absolute atomic E-state index is 0.536. The van der Waals surface area contributed by atoms with E-state index in [1.807, 2.05) is 10.9 Å². The quantitative estimate of drug-likeness (QED) is 0.613. The predicted octanol–water partition coefficient (Wildman–Crippen LogP) is 2.19. The first-order valence-corrected chi connectivity index (χ1v) is 5.97. The van der Waals surface area contributed by atoms with Gasteiger partial charge in [0.05, 0.1) is 23.6 Å². The van der Waals surface area contributed by atoms with Crippen LogP contribution in [-0.2, 0) is 6.54 Å². The van der Waals surface area contributed by atoms with Gasteiger partial charge in [0.25, 0.3) is 0 Å². The molecule has 0 spiro atoms. The minimum Gasteiger partial charge on any atom is -0.387 e. The van der Waals surface area contributed by atoms with Crippen LogP contribution in [0.1, 0.15) is 31.4 Å². The summed E-state index contributed by atoms with van der Waals surface area (Å²) in [4.78, 5) is 8.56. The molecule has 1 aliphatic carbocycles. The largest absolute Gasteiger partial charge is 0.387 e. The van der Waals surface area contributed by atoms with Gasteiger partial charge in [0, 0.05) is 11.3 Å². The molecule has 4 heteroatoms. The monoisotopic (exact) mass is 209 g/mol. The van der Waals surface area contributed by atoms with Gasteiger partial charge < -0.3 is 5.73 Å². The second-order valence-electron chi connectivity index (χ2n) is 3.70. The van der Waals surface area contributed by atoms with Gasteiger partial charge in [0.1, 0.15) is 0 Å². The second kappa shape index (κ2) is 4.55. The molecule has 0 radical (unpaired) electrons. The third-order valence-corrected chi connectivity index (χ3v) is 3.32. The number of rotatable bonds is 3. The Labute approximate surface area is 88.1 Å². The summed E-state index contributed by atoms with van der Waals surface area (Å²) in [7, 11) is 0. The Morgan fingerprint density at radius 3 is 3.00 bits per heavy atom. The van der Waals surface area contributed by atoms with E-state index in [0.717, 1.165) is 11.5 Å². The van der Waals surface area contributed by atoms with Crippen molar-refractivity contribution >= 4 is 17.2 Å². The highest BCUT2D eigenvalue weighted by Gasteiger charge is 2.18. The summed E-state index contributed by atoms with van der Waals surface area (Å²) in [5.41, 5.74) is 8.78. The Morgan fingerprint density at radius 2 is 2.36 bits per heavy atom. The van der Waals surface area contributed by atoms with E-state index in [4.69, 9.17) is 5.73 Å². The van der Waals surface area contributed by atoms with E-state index < -0.39 is 0 Å². The first-order chi connectivity index (χ1) is 6.86. The molecule has 2 rings (SSSR count). The highest BCUT2D eigenvalue weighted by atomic mass is 32.1. The summed E-state index contributed by atoms with van der Waals surface area (Å²) in [5, 5.41) is 2.02. The predicted molar refractivity (Wildman–Crippen MR) is 59.4 cm³/mol. The summed E-state index contributed by atoms with van der Waals surface area (Å²) in [6, 6.07) is 0. The van der Waals surface area contributed by atoms with Crippen LogP contribution in [0.2, 0.25) is 0 Å². The van der Waals surface area contributed by atoms with Gasteiger partial charge in [-0.2, -0.15) is 0 Å². The smallest absolute Gasteiger partial charge is 0.0973 e. The molecule has 0 unspecified atom stereocenters. The van der Waals surface area contributed by atoms with Gasteiger partial charge in [0.15, 0.2) is 0 Å². The van der Waals surface area contributed by atoms with Gasteiger partial charge in [-0.15, -0.1) is 11.3 Å². The van der Waals surface area contributed by atoms with E-state index in [-0.39, 0.29) is 0 Å². The number of nitrogens with two attached hydrogens (primary N) is 1. The van der Waals surface area contributed by atoms with Crippen molar-refractivity contribution in [1.29, 1.82) is 0 Å². The molecule has 1 aromatic rings. The van der Waals surface area contributed by atoms with E-state index in [1.54, 1.807) is 11.3 Å². The molecule has 1 aromatic heterocycles.